The molecule has 3 aromatic carbocycles. The van der Waals surface area contributed by atoms with Crippen molar-refractivity contribution in [3.63, 3.8) is 0 Å². The van der Waals surface area contributed by atoms with Gasteiger partial charge < -0.3 is 4.42 Å². The van der Waals surface area contributed by atoms with Crippen molar-refractivity contribution >= 4 is 17.5 Å². The van der Waals surface area contributed by atoms with Crippen LogP contribution >= 0.6 is 11.8 Å². The van der Waals surface area contributed by atoms with Crippen LogP contribution in [0.3, 0.4) is 0 Å². The van der Waals surface area contributed by atoms with Crippen molar-refractivity contribution in [2.45, 2.75) is 5.22 Å². The van der Waals surface area contributed by atoms with Crippen molar-refractivity contribution in [1.29, 1.82) is 0 Å². The minimum atomic E-state index is 0.0269. The largest absolute Gasteiger partial charge is 0.411 e. The van der Waals surface area contributed by atoms with Crippen LogP contribution in [0.2, 0.25) is 0 Å². The van der Waals surface area contributed by atoms with Crippen LogP contribution in [-0.2, 0) is 0 Å². The van der Waals surface area contributed by atoms with Gasteiger partial charge >= 0.3 is 0 Å². The van der Waals surface area contributed by atoms with Gasteiger partial charge in [-0.25, -0.2) is 0 Å². The van der Waals surface area contributed by atoms with Crippen LogP contribution in [0.5, 0.6) is 0 Å². The van der Waals surface area contributed by atoms with Crippen LogP contribution in [0.4, 0.5) is 0 Å². The zero-order chi connectivity index (χ0) is 18.5. The molecule has 0 atom stereocenters. The summed E-state index contributed by atoms with van der Waals surface area (Å²) < 4.78 is 5.62. The number of rotatable bonds is 6. The van der Waals surface area contributed by atoms with Gasteiger partial charge in [0.1, 0.15) is 0 Å². The SMILES string of the molecule is O=C(CSc1nnc(-c2ccccc2)o1)c1ccc(-c2ccccc2)cc1. The summed E-state index contributed by atoms with van der Waals surface area (Å²) >= 11 is 1.25. The zero-order valence-electron chi connectivity index (χ0n) is 14.4. The fourth-order valence-electron chi connectivity index (χ4n) is 2.66. The molecule has 0 N–H and O–H groups in total. The predicted octanol–water partition coefficient (Wildman–Crippen LogP) is 5.38. The highest BCUT2D eigenvalue weighted by molar-refractivity contribution is 7.99. The lowest BCUT2D eigenvalue weighted by molar-refractivity contribution is 0.102. The van der Waals surface area contributed by atoms with E-state index in [2.05, 4.69) is 10.2 Å². The average Bonchev–Trinajstić information content (AvgIpc) is 3.22. The van der Waals surface area contributed by atoms with Crippen molar-refractivity contribution in [3.05, 3.63) is 90.5 Å². The van der Waals surface area contributed by atoms with E-state index >= 15 is 0 Å². The Morgan fingerprint density at radius 3 is 2.00 bits per heavy atom. The Hall–Kier alpha value is -3.18. The maximum absolute atomic E-state index is 12.4. The van der Waals surface area contributed by atoms with Gasteiger partial charge in [-0.1, -0.05) is 84.6 Å². The molecule has 4 nitrogen and oxygen atoms in total. The summed E-state index contributed by atoms with van der Waals surface area (Å²) in [5.74, 6) is 0.734. The highest BCUT2D eigenvalue weighted by Gasteiger charge is 2.12. The monoisotopic (exact) mass is 372 g/mol. The number of carbonyl (C=O) groups is 1. The van der Waals surface area contributed by atoms with Crippen molar-refractivity contribution in [1.82, 2.24) is 10.2 Å². The molecule has 0 aliphatic rings. The fourth-order valence-corrected chi connectivity index (χ4v) is 3.31. The number of nitrogens with zero attached hydrogens (tertiary/aromatic N) is 2. The summed E-state index contributed by atoms with van der Waals surface area (Å²) in [6.07, 6.45) is 0. The van der Waals surface area contributed by atoms with E-state index in [0.29, 0.717) is 16.7 Å². The molecule has 0 saturated carbocycles. The number of carbonyl (C=O) groups excluding carboxylic acids is 1. The Balaban J connectivity index is 1.39. The van der Waals surface area contributed by atoms with E-state index in [1.165, 1.54) is 11.8 Å². The molecule has 1 heterocycles. The van der Waals surface area contributed by atoms with E-state index in [1.807, 2.05) is 84.9 Å². The Morgan fingerprint density at radius 1 is 0.741 bits per heavy atom. The zero-order valence-corrected chi connectivity index (χ0v) is 15.2. The normalized spacial score (nSPS) is 10.7. The quantitative estimate of drug-likeness (QED) is 0.336. The third kappa shape index (κ3) is 4.15. The number of hydrogen-bond donors (Lipinski definition) is 0. The molecule has 0 spiro atoms. The highest BCUT2D eigenvalue weighted by atomic mass is 32.2. The van der Waals surface area contributed by atoms with Crippen molar-refractivity contribution in [2.24, 2.45) is 0 Å². The lowest BCUT2D eigenvalue weighted by Crippen LogP contribution is -2.02. The molecule has 132 valence electrons. The van der Waals surface area contributed by atoms with Gasteiger partial charge in [-0.2, -0.15) is 0 Å². The molecular formula is C22H16N2O2S. The molecule has 0 saturated heterocycles. The molecule has 4 rings (SSSR count). The molecule has 0 unspecified atom stereocenters. The Kier molecular flexibility index (Phi) is 5.12. The summed E-state index contributed by atoms with van der Waals surface area (Å²) in [5.41, 5.74) is 3.75. The molecular weight excluding hydrogens is 356 g/mol. The lowest BCUT2D eigenvalue weighted by Gasteiger charge is -2.03. The van der Waals surface area contributed by atoms with E-state index in [0.717, 1.165) is 16.7 Å². The van der Waals surface area contributed by atoms with Crippen LogP contribution < -0.4 is 0 Å². The van der Waals surface area contributed by atoms with E-state index in [4.69, 9.17) is 4.42 Å². The standard InChI is InChI=1S/C22H16N2O2S/c25-20(18-13-11-17(12-14-18)16-7-3-1-4-8-16)15-27-22-24-23-21(26-22)19-9-5-2-6-10-19/h1-14H,15H2. The number of Topliss-reactive ketones (excluding diaryl/α,β-unsaturated/α-hetero) is 1. The van der Waals surface area contributed by atoms with Crippen LogP contribution in [0.25, 0.3) is 22.6 Å². The van der Waals surface area contributed by atoms with Gasteiger partial charge in [-0.3, -0.25) is 4.79 Å². The smallest absolute Gasteiger partial charge is 0.277 e. The van der Waals surface area contributed by atoms with Crippen LogP contribution in [0.15, 0.2) is 94.6 Å². The topological polar surface area (TPSA) is 56.0 Å². The molecule has 0 radical (unpaired) electrons. The molecule has 27 heavy (non-hydrogen) atoms. The second-order valence-corrected chi connectivity index (χ2v) is 6.82. The Labute approximate surface area is 161 Å². The number of benzene rings is 3. The first-order valence-electron chi connectivity index (χ1n) is 8.50. The number of thioether (sulfide) groups is 1. The third-order valence-electron chi connectivity index (χ3n) is 4.07. The van der Waals surface area contributed by atoms with Gasteiger partial charge in [-0.15, -0.1) is 10.2 Å². The van der Waals surface area contributed by atoms with Crippen LogP contribution in [0, 0.1) is 0 Å². The first-order valence-corrected chi connectivity index (χ1v) is 9.48. The molecule has 4 aromatic rings. The highest BCUT2D eigenvalue weighted by Crippen LogP contribution is 2.24. The second kappa shape index (κ2) is 8.01. The lowest BCUT2D eigenvalue weighted by atomic mass is 10.0. The molecule has 0 aliphatic heterocycles. The number of aromatic nitrogens is 2. The van der Waals surface area contributed by atoms with Gasteiger partial charge in [0.25, 0.3) is 5.22 Å². The van der Waals surface area contributed by atoms with Crippen LogP contribution in [-0.4, -0.2) is 21.7 Å². The maximum Gasteiger partial charge on any atom is 0.277 e. The Bertz CT molecular complexity index is 1030. The van der Waals surface area contributed by atoms with E-state index in [1.54, 1.807) is 0 Å². The van der Waals surface area contributed by atoms with Gasteiger partial charge in [0.15, 0.2) is 5.78 Å². The average molecular weight is 372 g/mol. The Morgan fingerprint density at radius 2 is 1.33 bits per heavy atom. The maximum atomic E-state index is 12.4. The summed E-state index contributed by atoms with van der Waals surface area (Å²) in [5, 5.41) is 8.43. The number of hydrogen-bond acceptors (Lipinski definition) is 5. The summed E-state index contributed by atoms with van der Waals surface area (Å²) in [6, 6.07) is 27.3. The van der Waals surface area contributed by atoms with Crippen LogP contribution in [0.1, 0.15) is 10.4 Å². The minimum Gasteiger partial charge on any atom is -0.411 e. The molecule has 5 heteroatoms. The fraction of sp³-hybridized carbons (Fsp3) is 0.0455. The van der Waals surface area contributed by atoms with Gasteiger partial charge in [0.2, 0.25) is 5.89 Å². The molecule has 0 amide bonds. The number of ketones is 1. The van der Waals surface area contributed by atoms with E-state index in [9.17, 15) is 4.79 Å². The van der Waals surface area contributed by atoms with Crippen molar-refractivity contribution < 1.29 is 9.21 Å². The van der Waals surface area contributed by atoms with Gasteiger partial charge in [0.05, 0.1) is 5.75 Å². The minimum absolute atomic E-state index is 0.0269. The van der Waals surface area contributed by atoms with Gasteiger partial charge in [0, 0.05) is 11.1 Å². The van der Waals surface area contributed by atoms with E-state index in [-0.39, 0.29) is 11.5 Å². The molecule has 0 bridgehead atoms. The molecule has 1 aromatic heterocycles. The summed E-state index contributed by atoms with van der Waals surface area (Å²) in [6.45, 7) is 0. The van der Waals surface area contributed by atoms with Crippen molar-refractivity contribution in [2.75, 3.05) is 5.75 Å². The second-order valence-electron chi connectivity index (χ2n) is 5.89. The van der Waals surface area contributed by atoms with Crippen molar-refractivity contribution in [3.8, 4) is 22.6 Å². The predicted molar refractivity (Wildman–Crippen MR) is 107 cm³/mol. The summed E-state index contributed by atoms with van der Waals surface area (Å²) in [7, 11) is 0. The third-order valence-corrected chi connectivity index (χ3v) is 4.89. The summed E-state index contributed by atoms with van der Waals surface area (Å²) in [4.78, 5) is 12.4. The first-order chi connectivity index (χ1) is 13.3. The van der Waals surface area contributed by atoms with E-state index < -0.39 is 0 Å². The molecule has 0 aliphatic carbocycles. The van der Waals surface area contributed by atoms with Gasteiger partial charge in [-0.05, 0) is 23.3 Å². The molecule has 0 fully saturated rings. The first kappa shape index (κ1) is 17.2.